The van der Waals surface area contributed by atoms with Gasteiger partial charge in [-0.25, -0.2) is 4.79 Å². The standard InChI is InChI=1S/C16H14N2O6/c19-15(13-2-1-5-21-13)17-7-11-8-18(16(20)24-11)10-3-4-12-14(6-10)23-9-22-12/h1-6,11H,7-9H2,(H,17,19)/t11-/m1/s1. The van der Waals surface area contributed by atoms with Crippen molar-refractivity contribution in [3.8, 4) is 11.5 Å². The van der Waals surface area contributed by atoms with Crippen LogP contribution in [0.2, 0.25) is 0 Å². The summed E-state index contributed by atoms with van der Waals surface area (Å²) < 4.78 is 20.9. The van der Waals surface area contributed by atoms with Gasteiger partial charge in [-0.2, -0.15) is 0 Å². The maximum atomic E-state index is 12.1. The smallest absolute Gasteiger partial charge is 0.414 e. The van der Waals surface area contributed by atoms with Crippen LogP contribution >= 0.6 is 0 Å². The van der Waals surface area contributed by atoms with Crippen molar-refractivity contribution in [2.24, 2.45) is 0 Å². The third kappa shape index (κ3) is 2.62. The number of carbonyl (C=O) groups is 2. The molecule has 4 rings (SSSR count). The number of rotatable bonds is 4. The van der Waals surface area contributed by atoms with E-state index in [1.165, 1.54) is 11.2 Å². The SMILES string of the molecule is O=C(NC[C@@H]1CN(c2ccc3c(c2)OCO3)C(=O)O1)c1ccco1. The zero-order chi connectivity index (χ0) is 16.5. The molecule has 1 fully saturated rings. The second-order valence-corrected chi connectivity index (χ2v) is 5.34. The minimum absolute atomic E-state index is 0.171. The minimum atomic E-state index is -0.467. The van der Waals surface area contributed by atoms with Crippen LogP contribution in [0.4, 0.5) is 10.5 Å². The van der Waals surface area contributed by atoms with Crippen molar-refractivity contribution in [2.45, 2.75) is 6.10 Å². The highest BCUT2D eigenvalue weighted by molar-refractivity contribution is 5.92. The van der Waals surface area contributed by atoms with E-state index in [4.69, 9.17) is 18.6 Å². The minimum Gasteiger partial charge on any atom is -0.459 e. The Labute approximate surface area is 136 Å². The van der Waals surface area contributed by atoms with Crippen LogP contribution in [0.1, 0.15) is 10.6 Å². The summed E-state index contributed by atoms with van der Waals surface area (Å²) in [5.74, 6) is 1.10. The Morgan fingerprint density at radius 3 is 2.96 bits per heavy atom. The Morgan fingerprint density at radius 2 is 2.12 bits per heavy atom. The van der Waals surface area contributed by atoms with E-state index < -0.39 is 12.2 Å². The van der Waals surface area contributed by atoms with Gasteiger partial charge in [-0.15, -0.1) is 0 Å². The van der Waals surface area contributed by atoms with E-state index in [0.717, 1.165) is 0 Å². The molecule has 2 aliphatic rings. The topological polar surface area (TPSA) is 90.2 Å². The number of anilines is 1. The molecular weight excluding hydrogens is 316 g/mol. The molecule has 24 heavy (non-hydrogen) atoms. The second kappa shape index (κ2) is 5.80. The van der Waals surface area contributed by atoms with Crippen LogP contribution in [0.15, 0.2) is 41.0 Å². The molecule has 0 radical (unpaired) electrons. The van der Waals surface area contributed by atoms with Gasteiger partial charge in [0.2, 0.25) is 6.79 Å². The number of nitrogens with one attached hydrogen (secondary N) is 1. The first-order chi connectivity index (χ1) is 11.7. The fraction of sp³-hybridized carbons (Fsp3) is 0.250. The van der Waals surface area contributed by atoms with Gasteiger partial charge in [0.1, 0.15) is 6.10 Å². The lowest BCUT2D eigenvalue weighted by Gasteiger charge is -2.13. The molecule has 2 aliphatic heterocycles. The molecule has 8 heteroatoms. The van der Waals surface area contributed by atoms with Gasteiger partial charge in [-0.1, -0.05) is 0 Å². The molecule has 1 atom stereocenters. The predicted molar refractivity (Wildman–Crippen MR) is 81.2 cm³/mol. The van der Waals surface area contributed by atoms with E-state index >= 15 is 0 Å². The van der Waals surface area contributed by atoms with Gasteiger partial charge < -0.3 is 23.9 Å². The summed E-state index contributed by atoms with van der Waals surface area (Å²) in [7, 11) is 0. The van der Waals surface area contributed by atoms with Crippen molar-refractivity contribution in [1.29, 1.82) is 0 Å². The Bertz CT molecular complexity index is 773. The van der Waals surface area contributed by atoms with Crippen LogP contribution in [-0.2, 0) is 4.74 Å². The zero-order valence-electron chi connectivity index (χ0n) is 12.6. The van der Waals surface area contributed by atoms with Crippen molar-refractivity contribution >= 4 is 17.7 Å². The molecule has 2 aromatic rings. The van der Waals surface area contributed by atoms with E-state index in [1.54, 1.807) is 30.3 Å². The van der Waals surface area contributed by atoms with Crippen LogP contribution in [0.25, 0.3) is 0 Å². The lowest BCUT2D eigenvalue weighted by atomic mass is 10.2. The number of ether oxygens (including phenoxy) is 3. The summed E-state index contributed by atoms with van der Waals surface area (Å²) in [6, 6.07) is 8.43. The summed E-state index contributed by atoms with van der Waals surface area (Å²) in [5, 5.41) is 2.68. The number of amides is 2. The van der Waals surface area contributed by atoms with Crippen molar-refractivity contribution in [3.63, 3.8) is 0 Å². The molecule has 2 amide bonds. The summed E-state index contributed by atoms with van der Waals surface area (Å²) in [6.45, 7) is 0.702. The monoisotopic (exact) mass is 330 g/mol. The van der Waals surface area contributed by atoms with Crippen molar-refractivity contribution in [2.75, 3.05) is 24.8 Å². The quantitative estimate of drug-likeness (QED) is 0.919. The lowest BCUT2D eigenvalue weighted by molar-refractivity contribution is 0.0889. The maximum Gasteiger partial charge on any atom is 0.414 e. The normalized spacial score (nSPS) is 18.6. The first-order valence-corrected chi connectivity index (χ1v) is 7.40. The summed E-state index contributed by atoms with van der Waals surface area (Å²) in [4.78, 5) is 25.4. The molecule has 1 aromatic heterocycles. The van der Waals surface area contributed by atoms with E-state index in [0.29, 0.717) is 23.7 Å². The zero-order valence-corrected chi connectivity index (χ0v) is 12.6. The molecule has 0 bridgehead atoms. The molecular formula is C16H14N2O6. The molecule has 0 aliphatic carbocycles. The Kier molecular flexibility index (Phi) is 3.49. The predicted octanol–water partition coefficient (Wildman–Crippen LogP) is 1.76. The van der Waals surface area contributed by atoms with Crippen LogP contribution in [0.5, 0.6) is 11.5 Å². The molecule has 3 heterocycles. The van der Waals surface area contributed by atoms with Gasteiger partial charge in [0.25, 0.3) is 5.91 Å². The number of benzene rings is 1. The fourth-order valence-corrected chi connectivity index (χ4v) is 2.59. The van der Waals surface area contributed by atoms with Gasteiger partial charge in [0.15, 0.2) is 17.3 Å². The Balaban J connectivity index is 1.39. The largest absolute Gasteiger partial charge is 0.459 e. The molecule has 0 spiro atoms. The van der Waals surface area contributed by atoms with Gasteiger partial charge >= 0.3 is 6.09 Å². The lowest BCUT2D eigenvalue weighted by Crippen LogP contribution is -2.34. The molecule has 0 saturated carbocycles. The summed E-state index contributed by atoms with van der Waals surface area (Å²) in [5.41, 5.74) is 0.657. The van der Waals surface area contributed by atoms with Gasteiger partial charge in [-0.3, -0.25) is 9.69 Å². The molecule has 1 aromatic carbocycles. The van der Waals surface area contributed by atoms with Crippen LogP contribution < -0.4 is 19.7 Å². The highest BCUT2D eigenvalue weighted by Crippen LogP contribution is 2.36. The summed E-state index contributed by atoms with van der Waals surface area (Å²) in [6.07, 6.45) is 0.513. The number of hydrogen-bond donors (Lipinski definition) is 1. The van der Waals surface area contributed by atoms with E-state index in [2.05, 4.69) is 5.32 Å². The second-order valence-electron chi connectivity index (χ2n) is 5.34. The first kappa shape index (κ1) is 14.4. The Morgan fingerprint density at radius 1 is 1.25 bits per heavy atom. The van der Waals surface area contributed by atoms with E-state index in [-0.39, 0.29) is 25.0 Å². The number of furan rings is 1. The van der Waals surface area contributed by atoms with Crippen LogP contribution in [0, 0.1) is 0 Å². The number of hydrogen-bond acceptors (Lipinski definition) is 6. The maximum absolute atomic E-state index is 12.1. The third-order valence-electron chi connectivity index (χ3n) is 3.78. The van der Waals surface area contributed by atoms with Crippen LogP contribution in [-0.4, -0.2) is 38.0 Å². The highest BCUT2D eigenvalue weighted by atomic mass is 16.7. The third-order valence-corrected chi connectivity index (χ3v) is 3.78. The van der Waals surface area contributed by atoms with Gasteiger partial charge in [0, 0.05) is 6.07 Å². The van der Waals surface area contributed by atoms with Crippen molar-refractivity contribution in [1.82, 2.24) is 5.32 Å². The number of nitrogens with zero attached hydrogens (tertiary/aromatic N) is 1. The fourth-order valence-electron chi connectivity index (χ4n) is 2.59. The number of carbonyl (C=O) groups excluding carboxylic acids is 2. The average molecular weight is 330 g/mol. The number of fused-ring (bicyclic) bond motifs is 1. The molecule has 8 nitrogen and oxygen atoms in total. The summed E-state index contributed by atoms with van der Waals surface area (Å²) >= 11 is 0. The van der Waals surface area contributed by atoms with Gasteiger partial charge in [0.05, 0.1) is 25.0 Å². The number of cyclic esters (lactones) is 1. The van der Waals surface area contributed by atoms with Crippen molar-refractivity contribution in [3.05, 3.63) is 42.4 Å². The molecule has 1 N–H and O–H groups in total. The molecule has 0 unspecified atom stereocenters. The van der Waals surface area contributed by atoms with Gasteiger partial charge in [-0.05, 0) is 24.3 Å². The average Bonchev–Trinajstić information content (AvgIpc) is 3.32. The molecule has 1 saturated heterocycles. The molecule has 124 valence electrons. The van der Waals surface area contributed by atoms with E-state index in [9.17, 15) is 9.59 Å². The highest BCUT2D eigenvalue weighted by Gasteiger charge is 2.33. The van der Waals surface area contributed by atoms with Crippen LogP contribution in [0.3, 0.4) is 0 Å². The van der Waals surface area contributed by atoms with E-state index in [1.807, 2.05) is 0 Å². The Hall–Kier alpha value is -3.16. The van der Waals surface area contributed by atoms with Crippen molar-refractivity contribution < 1.29 is 28.2 Å². The first-order valence-electron chi connectivity index (χ1n) is 7.40.